The average Bonchev–Trinajstić information content (AvgIpc) is 3.22. The van der Waals surface area contributed by atoms with Crippen LogP contribution in [0.25, 0.3) is 5.69 Å². The Bertz CT molecular complexity index is 886. The van der Waals surface area contributed by atoms with Gasteiger partial charge >= 0.3 is 0 Å². The van der Waals surface area contributed by atoms with Crippen LogP contribution in [0.5, 0.6) is 0 Å². The lowest BCUT2D eigenvalue weighted by molar-refractivity contribution is -0.127. The summed E-state index contributed by atoms with van der Waals surface area (Å²) in [5.41, 5.74) is 2.00. The molecule has 0 spiro atoms. The minimum atomic E-state index is 0.0628. The zero-order chi connectivity index (χ0) is 17.9. The molecule has 1 fully saturated rings. The lowest BCUT2D eigenvalue weighted by Gasteiger charge is -2.15. The smallest absolute Gasteiger partial charge is 0.233 e. The Balaban J connectivity index is 1.33. The van der Waals surface area contributed by atoms with Crippen molar-refractivity contribution in [2.75, 3.05) is 12.8 Å². The van der Waals surface area contributed by atoms with E-state index in [0.717, 1.165) is 16.4 Å². The fraction of sp³-hybridized carbons (Fsp3) is 0.333. The molecule has 8 heteroatoms. The predicted molar refractivity (Wildman–Crippen MR) is 99.1 cm³/mol. The van der Waals surface area contributed by atoms with E-state index in [4.69, 9.17) is 0 Å². The Kier molecular flexibility index (Phi) is 4.75. The maximum atomic E-state index is 12.4. The van der Waals surface area contributed by atoms with E-state index in [1.54, 1.807) is 17.4 Å². The van der Waals surface area contributed by atoms with Crippen LogP contribution in [0.1, 0.15) is 24.4 Å². The number of hydrogen-bond donors (Lipinski definition) is 0. The fourth-order valence-electron chi connectivity index (χ4n) is 2.70. The molecule has 1 amide bonds. The van der Waals surface area contributed by atoms with E-state index in [1.165, 1.54) is 24.6 Å². The quantitative estimate of drug-likeness (QED) is 0.600. The summed E-state index contributed by atoms with van der Waals surface area (Å²) in [6.07, 6.45) is 7.85. The van der Waals surface area contributed by atoms with Crippen molar-refractivity contribution in [3.05, 3.63) is 54.6 Å². The third-order valence-corrected chi connectivity index (χ3v) is 5.25. The van der Waals surface area contributed by atoms with Crippen molar-refractivity contribution in [2.45, 2.75) is 30.6 Å². The summed E-state index contributed by atoms with van der Waals surface area (Å²) >= 11 is 1.45. The van der Waals surface area contributed by atoms with Crippen LogP contribution in [0.15, 0.2) is 54.2 Å². The summed E-state index contributed by atoms with van der Waals surface area (Å²) in [6.45, 7) is 0.529. The zero-order valence-electron chi connectivity index (χ0n) is 14.5. The number of amides is 1. The second-order valence-electron chi connectivity index (χ2n) is 6.42. The topological polar surface area (TPSA) is 68.8 Å². The van der Waals surface area contributed by atoms with Crippen LogP contribution in [-0.4, -0.2) is 48.2 Å². The summed E-state index contributed by atoms with van der Waals surface area (Å²) in [4.78, 5) is 14.2. The van der Waals surface area contributed by atoms with Gasteiger partial charge in [0.2, 0.25) is 5.91 Å². The maximum absolute atomic E-state index is 12.4. The van der Waals surface area contributed by atoms with Gasteiger partial charge in [0, 0.05) is 31.4 Å². The Labute approximate surface area is 156 Å². The molecule has 1 aromatic carbocycles. The van der Waals surface area contributed by atoms with Crippen molar-refractivity contribution in [3.8, 4) is 5.69 Å². The molecule has 0 N–H and O–H groups in total. The molecule has 0 aliphatic heterocycles. The van der Waals surface area contributed by atoms with Crippen molar-refractivity contribution >= 4 is 17.7 Å². The van der Waals surface area contributed by atoms with Gasteiger partial charge in [0.25, 0.3) is 0 Å². The second kappa shape index (κ2) is 7.33. The molecule has 4 rings (SSSR count). The number of benzene rings is 1. The van der Waals surface area contributed by atoms with Gasteiger partial charge in [0.1, 0.15) is 6.33 Å². The zero-order valence-corrected chi connectivity index (χ0v) is 15.3. The number of carbonyl (C=O) groups excluding carboxylic acids is 1. The molecular formula is C18H20N6OS. The minimum absolute atomic E-state index is 0.0628. The van der Waals surface area contributed by atoms with Crippen molar-refractivity contribution in [2.24, 2.45) is 0 Å². The molecule has 0 unspecified atom stereocenters. The van der Waals surface area contributed by atoms with Crippen LogP contribution in [0.3, 0.4) is 0 Å². The molecule has 1 aliphatic carbocycles. The highest BCUT2D eigenvalue weighted by Gasteiger charge is 2.26. The van der Waals surface area contributed by atoms with Crippen molar-refractivity contribution in [1.82, 2.24) is 29.4 Å². The minimum Gasteiger partial charge on any atom is -0.341 e. The molecule has 0 atom stereocenters. The Morgan fingerprint density at radius 2 is 2.12 bits per heavy atom. The lowest BCUT2D eigenvalue weighted by Crippen LogP contribution is -2.27. The third kappa shape index (κ3) is 3.80. The molecule has 0 saturated heterocycles. The van der Waals surface area contributed by atoms with Crippen molar-refractivity contribution in [1.29, 1.82) is 0 Å². The van der Waals surface area contributed by atoms with Crippen LogP contribution in [0.2, 0.25) is 0 Å². The number of carbonyl (C=O) groups is 1. The molecule has 0 bridgehead atoms. The highest BCUT2D eigenvalue weighted by atomic mass is 32.2. The molecule has 1 saturated carbocycles. The summed E-state index contributed by atoms with van der Waals surface area (Å²) in [6, 6.07) is 10.4. The van der Waals surface area contributed by atoms with Crippen LogP contribution in [-0.2, 0) is 11.3 Å². The van der Waals surface area contributed by atoms with E-state index in [2.05, 4.69) is 19.9 Å². The number of thioether (sulfide) groups is 1. The van der Waals surface area contributed by atoms with Gasteiger partial charge in [-0.2, -0.15) is 5.10 Å². The molecule has 2 heterocycles. The normalized spacial score (nSPS) is 13.7. The van der Waals surface area contributed by atoms with Crippen LogP contribution in [0, 0.1) is 0 Å². The summed E-state index contributed by atoms with van der Waals surface area (Å²) < 4.78 is 3.89. The van der Waals surface area contributed by atoms with Gasteiger partial charge < -0.3 is 9.47 Å². The number of nitrogens with zero attached hydrogens (tertiary/aromatic N) is 6. The Morgan fingerprint density at radius 1 is 1.31 bits per heavy atom. The first-order chi connectivity index (χ1) is 12.7. The van der Waals surface area contributed by atoms with Gasteiger partial charge in [-0.15, -0.1) is 10.2 Å². The van der Waals surface area contributed by atoms with Gasteiger partial charge in [-0.1, -0.05) is 30.0 Å². The highest BCUT2D eigenvalue weighted by molar-refractivity contribution is 7.99. The number of rotatable bonds is 7. The maximum Gasteiger partial charge on any atom is 0.233 e. The molecular weight excluding hydrogens is 348 g/mol. The summed E-state index contributed by atoms with van der Waals surface area (Å²) in [5, 5.41) is 13.3. The number of aromatic nitrogens is 5. The van der Waals surface area contributed by atoms with E-state index >= 15 is 0 Å². The Hall–Kier alpha value is -2.61. The van der Waals surface area contributed by atoms with E-state index in [9.17, 15) is 4.79 Å². The van der Waals surface area contributed by atoms with Gasteiger partial charge in [-0.05, 0) is 25.0 Å². The summed E-state index contributed by atoms with van der Waals surface area (Å²) in [7, 11) is 1.81. The number of hydrogen-bond acceptors (Lipinski definition) is 5. The Morgan fingerprint density at radius 3 is 2.88 bits per heavy atom. The standard InChI is InChI=1S/C18H20N6OS/c1-22(10-14-9-20-24(11-14)16-5-3-2-4-6-16)17(25)12-26-18-21-19-13-23(18)15-7-8-15/h2-6,9,11,13,15H,7-8,10,12H2,1H3. The summed E-state index contributed by atoms with van der Waals surface area (Å²) in [5.74, 6) is 0.419. The molecule has 134 valence electrons. The molecule has 7 nitrogen and oxygen atoms in total. The van der Waals surface area contributed by atoms with Crippen molar-refractivity contribution in [3.63, 3.8) is 0 Å². The van der Waals surface area contributed by atoms with Crippen LogP contribution < -0.4 is 0 Å². The van der Waals surface area contributed by atoms with E-state index in [-0.39, 0.29) is 5.91 Å². The van der Waals surface area contributed by atoms with Gasteiger partial charge in [-0.25, -0.2) is 4.68 Å². The van der Waals surface area contributed by atoms with Gasteiger partial charge in [0.15, 0.2) is 5.16 Å². The van der Waals surface area contributed by atoms with E-state index in [0.29, 0.717) is 18.3 Å². The predicted octanol–water partition coefficient (Wildman–Crippen LogP) is 2.55. The van der Waals surface area contributed by atoms with Crippen molar-refractivity contribution < 1.29 is 4.79 Å². The van der Waals surface area contributed by atoms with Gasteiger partial charge in [0.05, 0.1) is 17.6 Å². The molecule has 26 heavy (non-hydrogen) atoms. The second-order valence-corrected chi connectivity index (χ2v) is 7.36. The van der Waals surface area contributed by atoms with E-state index in [1.807, 2.05) is 48.3 Å². The van der Waals surface area contributed by atoms with E-state index < -0.39 is 0 Å². The average molecular weight is 368 g/mol. The monoisotopic (exact) mass is 368 g/mol. The van der Waals surface area contributed by atoms with Gasteiger partial charge in [-0.3, -0.25) is 4.79 Å². The third-order valence-electron chi connectivity index (χ3n) is 4.31. The largest absolute Gasteiger partial charge is 0.341 e. The first kappa shape index (κ1) is 16.8. The fourth-order valence-corrected chi connectivity index (χ4v) is 3.62. The molecule has 0 radical (unpaired) electrons. The first-order valence-corrected chi connectivity index (χ1v) is 9.54. The first-order valence-electron chi connectivity index (χ1n) is 8.56. The molecule has 1 aliphatic rings. The lowest BCUT2D eigenvalue weighted by atomic mass is 10.3. The molecule has 3 aromatic rings. The highest BCUT2D eigenvalue weighted by Crippen LogP contribution is 2.37. The SMILES string of the molecule is CN(Cc1cnn(-c2ccccc2)c1)C(=O)CSc1nncn1C1CC1. The van der Waals surface area contributed by atoms with Crippen LogP contribution in [0.4, 0.5) is 0 Å². The molecule has 2 aromatic heterocycles. The van der Waals surface area contributed by atoms with Crippen LogP contribution >= 0.6 is 11.8 Å². The number of para-hydroxylation sites is 1.